The van der Waals surface area contributed by atoms with Crippen LogP contribution in [0, 0.1) is 5.92 Å². The summed E-state index contributed by atoms with van der Waals surface area (Å²) >= 11 is 16.4. The third-order valence-electron chi connectivity index (χ3n) is 19.3. The first kappa shape index (κ1) is 106. The van der Waals surface area contributed by atoms with Gasteiger partial charge in [0.2, 0.25) is 94.5 Å². The van der Waals surface area contributed by atoms with Gasteiger partial charge < -0.3 is 142 Å². The van der Waals surface area contributed by atoms with E-state index in [-0.39, 0.29) is 56.5 Å². The Hall–Kier alpha value is -10.9. The fraction of sp³-hybridized carbons (Fsp3) is 0.595. The van der Waals surface area contributed by atoms with Crippen molar-refractivity contribution >= 4 is 174 Å². The molecule has 0 saturated carbocycles. The maximum atomic E-state index is 14.5. The zero-order valence-electron chi connectivity index (χ0n) is 68.9. The molecule has 0 bridgehead atoms. The van der Waals surface area contributed by atoms with E-state index >= 15 is 0 Å². The summed E-state index contributed by atoms with van der Waals surface area (Å²) < 4.78 is 0. The molecule has 18 atom stereocenters. The minimum Gasteiger partial charge on any atom is -0.481 e. The monoisotopic (exact) mass is 1840 g/mol. The van der Waals surface area contributed by atoms with Crippen LogP contribution in [0.3, 0.4) is 0 Å². The molecular formula is C74H113N21O26S4. The molecule has 3 aromatic rings. The van der Waals surface area contributed by atoms with Crippen LogP contribution in [0.5, 0.6) is 0 Å². The van der Waals surface area contributed by atoms with Crippen molar-refractivity contribution in [2.24, 2.45) is 17.4 Å². The second kappa shape index (κ2) is 53.4. The highest BCUT2D eigenvalue weighted by Crippen LogP contribution is 2.22. The van der Waals surface area contributed by atoms with E-state index in [1.165, 1.54) is 12.5 Å². The molecule has 1 aromatic carbocycles. The van der Waals surface area contributed by atoms with E-state index in [9.17, 15) is 127 Å². The van der Waals surface area contributed by atoms with Gasteiger partial charge in [0.1, 0.15) is 90.6 Å². The number of nitrogens with zero attached hydrogens (tertiary/aromatic N) is 2. The number of carbonyl (C=O) groups is 19. The van der Waals surface area contributed by atoms with Gasteiger partial charge in [-0.25, -0.2) is 9.78 Å². The first-order chi connectivity index (χ1) is 59.1. The van der Waals surface area contributed by atoms with Crippen LogP contribution in [0.1, 0.15) is 104 Å². The Morgan fingerprint density at radius 1 is 0.512 bits per heavy atom. The van der Waals surface area contributed by atoms with Crippen molar-refractivity contribution in [1.29, 1.82) is 0 Å². The van der Waals surface area contributed by atoms with Crippen molar-refractivity contribution in [3.05, 3.63) is 54.2 Å². The predicted molar refractivity (Wildman–Crippen MR) is 455 cm³/mol. The van der Waals surface area contributed by atoms with Crippen molar-refractivity contribution in [3.8, 4) is 0 Å². The van der Waals surface area contributed by atoms with Crippen molar-refractivity contribution < 1.29 is 127 Å². The number of likely N-dealkylation sites (tertiary alicyclic amines) is 1. The van der Waals surface area contributed by atoms with E-state index in [0.717, 1.165) is 25.7 Å². The third kappa shape index (κ3) is 34.5. The number of para-hydroxylation sites is 1. The third-order valence-corrected chi connectivity index (χ3v) is 20.8. The molecule has 0 radical (unpaired) electrons. The van der Waals surface area contributed by atoms with Crippen molar-refractivity contribution in [2.45, 2.75) is 214 Å². The Bertz CT molecular complexity index is 4240. The van der Waals surface area contributed by atoms with Crippen LogP contribution >= 0.6 is 50.5 Å². The highest BCUT2D eigenvalue weighted by atomic mass is 32.1. The lowest BCUT2D eigenvalue weighted by Crippen LogP contribution is -2.63. The Morgan fingerprint density at radius 3 is 1.51 bits per heavy atom. The highest BCUT2D eigenvalue weighted by Gasteiger charge is 2.43. The molecule has 16 amide bonds. The minimum atomic E-state index is -2.04. The molecule has 4 rings (SSSR count). The van der Waals surface area contributed by atoms with Crippen molar-refractivity contribution in [1.82, 2.24) is 99.6 Å². The van der Waals surface area contributed by atoms with E-state index in [2.05, 4.69) is 145 Å². The van der Waals surface area contributed by atoms with Gasteiger partial charge in [0.25, 0.3) is 0 Å². The van der Waals surface area contributed by atoms with Gasteiger partial charge >= 0.3 is 17.9 Å². The number of hydrogen-bond donors (Lipinski definition) is 30. The molecule has 47 nitrogen and oxygen atoms in total. The lowest BCUT2D eigenvalue weighted by Gasteiger charge is -2.31. The van der Waals surface area contributed by atoms with Gasteiger partial charge in [-0.1, -0.05) is 38.5 Å². The summed E-state index contributed by atoms with van der Waals surface area (Å²) in [4.78, 5) is 267. The number of nitrogens with two attached hydrogens (primary N) is 2. The molecule has 1 aliphatic heterocycles. The molecule has 1 fully saturated rings. The Balaban J connectivity index is 1.42. The van der Waals surface area contributed by atoms with Gasteiger partial charge in [-0.05, 0) is 83.4 Å². The number of aliphatic hydroxyl groups excluding tert-OH is 4. The number of imidazole rings is 1. The first-order valence-electron chi connectivity index (χ1n) is 39.6. The SMILES string of the molecule is CC(C)C[C@H](NC(=O)[C@H](CS)NC(=O)[C@H](CCC(=O)O)NC(=O)[C@H](CO)NC(=O)[C@H](CS)NC(=O)[C@H](CO)NC(=O)[C@@H](N)CCCCN)C(=O)N[C@H](C(=O)N[C@@H](C)C(=O)N[C@H](C(=O)N[C@@H](CC(=O)O)C(=O)N1CCC[C@H]1C(=O)N[C@@H](Cc1cnc[nH]1)C(=O)N[C@@H](CS)C(=O)NCC(=O)N[C@@H](Cc1c[nH]c2ccccc12)C(=O)N[C@@H](CS)C(=O)O)[C@@H](C)O)[C@@H](C)O. The van der Waals surface area contributed by atoms with Crippen LogP contribution in [0.25, 0.3) is 10.9 Å². The van der Waals surface area contributed by atoms with Crippen LogP contribution in [-0.2, 0) is 104 Å². The number of aliphatic hydroxyl groups is 4. The number of carboxylic acid groups (broad SMARTS) is 3. The maximum Gasteiger partial charge on any atom is 0.327 e. The second-order valence-electron chi connectivity index (χ2n) is 29.7. The first-order valence-corrected chi connectivity index (χ1v) is 42.1. The van der Waals surface area contributed by atoms with Crippen LogP contribution in [0.15, 0.2) is 43.0 Å². The zero-order valence-corrected chi connectivity index (χ0v) is 72.5. The number of aromatic amines is 2. The number of amides is 16. The van der Waals surface area contributed by atoms with Crippen LogP contribution in [-0.4, -0.2) is 333 Å². The van der Waals surface area contributed by atoms with Gasteiger partial charge in [0.15, 0.2) is 0 Å². The summed E-state index contributed by atoms with van der Waals surface area (Å²) in [5, 5.41) is 106. The summed E-state index contributed by atoms with van der Waals surface area (Å²) in [6, 6.07) is -19.4. The zero-order chi connectivity index (χ0) is 93.6. The van der Waals surface area contributed by atoms with Crippen molar-refractivity contribution in [3.63, 3.8) is 0 Å². The number of benzene rings is 1. The van der Waals surface area contributed by atoms with Crippen LogP contribution in [0.4, 0.5) is 0 Å². The normalized spacial score (nSPS) is 16.5. The average molecular weight is 1840 g/mol. The number of fused-ring (bicyclic) bond motifs is 1. The molecular weight excluding hydrogens is 1730 g/mol. The number of rotatable bonds is 55. The summed E-state index contributed by atoms with van der Waals surface area (Å²) in [5.41, 5.74) is 12.9. The van der Waals surface area contributed by atoms with E-state index < -0.39 is 283 Å². The lowest BCUT2D eigenvalue weighted by molar-refractivity contribution is -0.146. The summed E-state index contributed by atoms with van der Waals surface area (Å²) in [6.07, 6.45) is -1.46. The highest BCUT2D eigenvalue weighted by molar-refractivity contribution is 7.80. The van der Waals surface area contributed by atoms with E-state index in [4.69, 9.17) is 11.5 Å². The van der Waals surface area contributed by atoms with E-state index in [1.54, 1.807) is 44.3 Å². The van der Waals surface area contributed by atoms with Crippen LogP contribution in [0.2, 0.25) is 0 Å². The van der Waals surface area contributed by atoms with Gasteiger partial charge in [0.05, 0.1) is 50.8 Å². The fourth-order valence-corrected chi connectivity index (χ4v) is 13.4. The second-order valence-corrected chi connectivity index (χ2v) is 31.1. The van der Waals surface area contributed by atoms with Crippen LogP contribution < -0.4 is 91.2 Å². The Kier molecular flexibility index (Phi) is 45.5. The van der Waals surface area contributed by atoms with Gasteiger partial charge in [-0.15, -0.1) is 0 Å². The number of nitrogens with one attached hydrogen (secondary N) is 17. The molecule has 51 heteroatoms. The number of thiol groups is 4. The largest absolute Gasteiger partial charge is 0.481 e. The number of aromatic nitrogens is 3. The average Bonchev–Trinajstić information content (AvgIpc) is 1.71. The molecule has 0 spiro atoms. The molecule has 125 heavy (non-hydrogen) atoms. The summed E-state index contributed by atoms with van der Waals surface area (Å²) in [6.45, 7) is 3.61. The molecule has 1 aliphatic rings. The smallest absolute Gasteiger partial charge is 0.327 e. The van der Waals surface area contributed by atoms with E-state index in [1.807, 2.05) is 0 Å². The number of unbranched alkanes of at least 4 members (excludes halogenated alkanes) is 1. The summed E-state index contributed by atoms with van der Waals surface area (Å²) in [7, 11) is 0. The molecule has 1 saturated heterocycles. The number of carboxylic acids is 3. The van der Waals surface area contributed by atoms with Crippen molar-refractivity contribution in [2.75, 3.05) is 55.9 Å². The molecule has 28 N–H and O–H groups in total. The van der Waals surface area contributed by atoms with Gasteiger partial charge in [0, 0.05) is 77.8 Å². The standard InChI is InChI=1S/C74H113N21O26S4/c1-33(2)19-43(84-68(114)50(29-123)90-62(108)42(15-16-55(101)102)83-66(112)48(27-97)88-69(115)51(30-124)91-67(113)47(26-96)87-60(106)40(76)12-8-9-17-75)65(111)94-57(35(4)98)71(117)81-34(3)59(105)93-58(36(5)99)72(118)86-46(22-56(103)104)73(119)95-18-10-14-53(95)70(116)85-45(21-38-24-77-32-80-38)64(110)89-49(28-122)61(107)79-25-54(100)82-44(63(109)92-52(31-125)74(120)121)20-37-23-78-41-13-7-6-11-39(37)41/h6-7,11,13,23-24,32-36,40,42-53,57-58,78,96-99,122-125H,8-10,12,14-22,25-31,75-76H2,1-5H3,(H,77,80)(H,79,107)(H,81,117)(H,82,100)(H,83,112)(H,84,114)(H,85,116)(H,86,118)(H,87,106)(H,88,115)(H,89,110)(H,90,108)(H,91,113)(H,92,109)(H,93,105)(H,94,111)(H,101,102)(H,103,104)(H,120,121)/t34-,35+,36+,40-,42-,43-,44-,45-,46-,47-,48-,49-,50-,51-,52-,53-,57-,58-/m0/s1. The minimum absolute atomic E-state index is 0.0906. The molecule has 0 unspecified atom stereocenters. The predicted octanol–water partition coefficient (Wildman–Crippen LogP) is -10.0. The van der Waals surface area contributed by atoms with E-state index in [0.29, 0.717) is 35.9 Å². The number of H-pyrrole nitrogens is 2. The van der Waals surface area contributed by atoms with Gasteiger partial charge in [-0.2, -0.15) is 50.5 Å². The lowest BCUT2D eigenvalue weighted by atomic mass is 10.0. The quantitative estimate of drug-likeness (QED) is 0.0184. The number of hydrogen-bond acceptors (Lipinski definition) is 30. The molecule has 3 heterocycles. The maximum absolute atomic E-state index is 14.5. The fourth-order valence-electron chi connectivity index (χ4n) is 12.4. The Morgan fingerprint density at radius 2 is 0.992 bits per heavy atom. The summed E-state index contributed by atoms with van der Waals surface area (Å²) in [5.74, 6) is -24.2. The van der Waals surface area contributed by atoms with Gasteiger partial charge in [-0.3, -0.25) is 86.3 Å². The Labute approximate surface area is 738 Å². The molecule has 0 aliphatic carbocycles. The number of aliphatic carboxylic acids is 3. The number of carbonyl (C=O) groups excluding carboxylic acids is 16. The molecule has 694 valence electrons. The topological polar surface area (TPSA) is 746 Å². The molecule has 2 aromatic heterocycles.